The summed E-state index contributed by atoms with van der Waals surface area (Å²) in [5.74, 6) is 0.977. The van der Waals surface area contributed by atoms with Crippen molar-refractivity contribution in [1.82, 2.24) is 14.5 Å². The number of rotatable bonds is 5. The highest BCUT2D eigenvalue weighted by atomic mass is 16.3. The molecule has 0 saturated heterocycles. The second-order valence-corrected chi connectivity index (χ2v) is 18.2. The van der Waals surface area contributed by atoms with Crippen molar-refractivity contribution in [3.05, 3.63) is 168 Å². The number of para-hydroxylation sites is 2. The van der Waals surface area contributed by atoms with Gasteiger partial charge in [-0.15, -0.1) is 0 Å². The van der Waals surface area contributed by atoms with Crippen LogP contribution in [-0.4, -0.2) is 19.6 Å². The van der Waals surface area contributed by atoms with Crippen molar-refractivity contribution >= 4 is 11.0 Å². The minimum Gasteiger partial charge on any atom is -0.507 e. The van der Waals surface area contributed by atoms with Crippen LogP contribution in [0.2, 0.25) is 0 Å². The molecule has 0 saturated carbocycles. The molecule has 57 heavy (non-hydrogen) atoms. The highest BCUT2D eigenvalue weighted by Gasteiger charge is 2.36. The highest BCUT2D eigenvalue weighted by Crippen LogP contribution is 2.50. The lowest BCUT2D eigenvalue weighted by molar-refractivity contribution is 0.446. The molecule has 1 aliphatic carbocycles. The van der Waals surface area contributed by atoms with Crippen molar-refractivity contribution in [3.63, 3.8) is 0 Å². The molecule has 0 radical (unpaired) electrons. The number of pyridine rings is 1. The van der Waals surface area contributed by atoms with Gasteiger partial charge >= 0.3 is 0 Å². The largest absolute Gasteiger partial charge is 0.507 e. The summed E-state index contributed by atoms with van der Waals surface area (Å²) < 4.78 is 2.20. The molecule has 4 heteroatoms. The standard InChI is InChI=1S/C53H49N3O/c1-51(2,3)37-29-41(49(57)45(30-37)52(4,5)6)50-55-48-39(23-17-25-47(48)56(50)38-20-13-10-14-21-38)35-26-34(33-18-11-9-12-19-33)27-36(28-35)46-31-44-42(32-54-46)40-22-15-16-24-43(40)53(44,7)8/h9-32,57H,1-8H3. The summed E-state index contributed by atoms with van der Waals surface area (Å²) in [6, 6.07) is 49.5. The van der Waals surface area contributed by atoms with Gasteiger partial charge in [0.25, 0.3) is 0 Å². The molecule has 1 aliphatic rings. The molecule has 8 aromatic rings. The molecule has 2 aromatic heterocycles. The van der Waals surface area contributed by atoms with Crippen LogP contribution in [0.1, 0.15) is 77.6 Å². The number of hydrogen-bond acceptors (Lipinski definition) is 3. The number of hydrogen-bond donors (Lipinski definition) is 1. The van der Waals surface area contributed by atoms with Gasteiger partial charge in [0, 0.05) is 39.6 Å². The summed E-state index contributed by atoms with van der Waals surface area (Å²) in [5, 5.41) is 12.2. The Morgan fingerprint density at radius 2 is 1.19 bits per heavy atom. The molecular formula is C53H49N3O. The summed E-state index contributed by atoms with van der Waals surface area (Å²) in [6.07, 6.45) is 2.06. The average molecular weight is 744 g/mol. The number of benzene rings is 6. The lowest BCUT2D eigenvalue weighted by Crippen LogP contribution is -2.17. The van der Waals surface area contributed by atoms with Gasteiger partial charge in [0.2, 0.25) is 0 Å². The van der Waals surface area contributed by atoms with Crippen molar-refractivity contribution in [3.8, 4) is 67.5 Å². The number of phenolic OH excluding ortho intramolecular Hbond substituents is 1. The normalized spacial score (nSPS) is 13.5. The first kappa shape index (κ1) is 36.4. The Bertz CT molecular complexity index is 2830. The fourth-order valence-electron chi connectivity index (χ4n) is 8.64. The quantitative estimate of drug-likeness (QED) is 0.191. The van der Waals surface area contributed by atoms with Crippen LogP contribution in [0, 0.1) is 0 Å². The molecule has 0 fully saturated rings. The van der Waals surface area contributed by atoms with Crippen LogP contribution in [0.4, 0.5) is 0 Å². The Hall–Kier alpha value is -6.26. The van der Waals surface area contributed by atoms with Gasteiger partial charge < -0.3 is 5.11 Å². The van der Waals surface area contributed by atoms with E-state index in [-0.39, 0.29) is 22.0 Å². The Labute approximate surface area is 336 Å². The summed E-state index contributed by atoms with van der Waals surface area (Å²) >= 11 is 0. The fraction of sp³-hybridized carbons (Fsp3) is 0.208. The lowest BCUT2D eigenvalue weighted by atomic mass is 9.79. The SMILES string of the molecule is CC(C)(C)c1cc(-c2nc3c(-c4cc(-c5ccccc5)cc(-c5cc6c(cn5)-c5ccccc5C6(C)C)c4)cccc3n2-c2ccccc2)c(O)c(C(C)(C)C)c1. The van der Waals surface area contributed by atoms with Gasteiger partial charge in [-0.3, -0.25) is 9.55 Å². The van der Waals surface area contributed by atoms with Crippen LogP contribution in [0.3, 0.4) is 0 Å². The number of imidazole rings is 1. The number of fused-ring (bicyclic) bond motifs is 4. The predicted octanol–water partition coefficient (Wildman–Crippen LogP) is 13.7. The van der Waals surface area contributed by atoms with Gasteiger partial charge in [0.05, 0.1) is 22.3 Å². The number of aromatic nitrogens is 3. The number of nitrogens with zero attached hydrogens (tertiary/aromatic N) is 3. The maximum atomic E-state index is 12.2. The maximum Gasteiger partial charge on any atom is 0.149 e. The number of phenols is 1. The van der Waals surface area contributed by atoms with Gasteiger partial charge in [-0.25, -0.2) is 4.98 Å². The Morgan fingerprint density at radius 1 is 0.544 bits per heavy atom. The number of aromatic hydroxyl groups is 1. The van der Waals surface area contributed by atoms with Crippen molar-refractivity contribution in [2.45, 2.75) is 71.6 Å². The minimum absolute atomic E-state index is 0.140. The zero-order valence-corrected chi connectivity index (χ0v) is 34.1. The van der Waals surface area contributed by atoms with E-state index in [2.05, 4.69) is 200 Å². The van der Waals surface area contributed by atoms with Gasteiger partial charge in [-0.2, -0.15) is 0 Å². The smallest absolute Gasteiger partial charge is 0.149 e. The van der Waals surface area contributed by atoms with Crippen molar-refractivity contribution < 1.29 is 5.11 Å². The summed E-state index contributed by atoms with van der Waals surface area (Å²) in [4.78, 5) is 10.7. The Morgan fingerprint density at radius 3 is 1.91 bits per heavy atom. The molecule has 4 nitrogen and oxygen atoms in total. The monoisotopic (exact) mass is 743 g/mol. The highest BCUT2D eigenvalue weighted by molar-refractivity contribution is 5.98. The van der Waals surface area contributed by atoms with Gasteiger partial charge in [0.1, 0.15) is 11.6 Å². The van der Waals surface area contributed by atoms with E-state index in [1.807, 2.05) is 6.07 Å². The second-order valence-electron chi connectivity index (χ2n) is 18.2. The third-order valence-corrected chi connectivity index (χ3v) is 11.8. The molecule has 0 aliphatic heterocycles. The van der Waals surface area contributed by atoms with Crippen LogP contribution in [-0.2, 0) is 16.2 Å². The zero-order chi connectivity index (χ0) is 39.9. The van der Waals surface area contributed by atoms with E-state index in [4.69, 9.17) is 9.97 Å². The predicted molar refractivity (Wildman–Crippen MR) is 237 cm³/mol. The van der Waals surface area contributed by atoms with Crippen molar-refractivity contribution in [2.75, 3.05) is 0 Å². The van der Waals surface area contributed by atoms with Gasteiger partial charge in [-0.05, 0) is 98.3 Å². The summed E-state index contributed by atoms with van der Waals surface area (Å²) in [6.45, 7) is 17.8. The second kappa shape index (κ2) is 13.2. The van der Waals surface area contributed by atoms with E-state index in [0.29, 0.717) is 5.82 Å². The van der Waals surface area contributed by atoms with Crippen LogP contribution in [0.5, 0.6) is 5.75 Å². The average Bonchev–Trinajstić information content (AvgIpc) is 3.70. The fourth-order valence-corrected chi connectivity index (χ4v) is 8.64. The third kappa shape index (κ3) is 6.15. The van der Waals surface area contributed by atoms with Crippen LogP contribution >= 0.6 is 0 Å². The first-order valence-electron chi connectivity index (χ1n) is 20.0. The van der Waals surface area contributed by atoms with Crippen LogP contribution < -0.4 is 0 Å². The zero-order valence-electron chi connectivity index (χ0n) is 34.1. The lowest BCUT2D eigenvalue weighted by Gasteiger charge is -2.27. The molecule has 0 amide bonds. The Kier molecular flexibility index (Phi) is 8.40. The molecule has 2 heterocycles. The molecule has 282 valence electrons. The third-order valence-electron chi connectivity index (χ3n) is 11.8. The van der Waals surface area contributed by atoms with E-state index in [9.17, 15) is 5.11 Å². The van der Waals surface area contributed by atoms with E-state index in [1.165, 1.54) is 22.3 Å². The van der Waals surface area contributed by atoms with Gasteiger partial charge in [0.15, 0.2) is 0 Å². The summed E-state index contributed by atoms with van der Waals surface area (Å²) in [5.41, 5.74) is 16.4. The molecule has 0 unspecified atom stereocenters. The topological polar surface area (TPSA) is 50.9 Å². The molecule has 6 aromatic carbocycles. The van der Waals surface area contributed by atoms with Crippen molar-refractivity contribution in [1.29, 1.82) is 0 Å². The van der Waals surface area contributed by atoms with Crippen LogP contribution in [0.25, 0.3) is 72.7 Å². The molecule has 0 spiro atoms. The Balaban J connectivity index is 1.30. The van der Waals surface area contributed by atoms with E-state index >= 15 is 0 Å². The molecular weight excluding hydrogens is 695 g/mol. The molecule has 1 N–H and O–H groups in total. The molecule has 0 atom stereocenters. The summed E-state index contributed by atoms with van der Waals surface area (Å²) in [7, 11) is 0. The van der Waals surface area contributed by atoms with E-state index < -0.39 is 0 Å². The first-order valence-corrected chi connectivity index (χ1v) is 20.0. The van der Waals surface area contributed by atoms with E-state index in [1.54, 1.807) is 0 Å². The first-order chi connectivity index (χ1) is 27.2. The van der Waals surface area contributed by atoms with E-state index in [0.717, 1.165) is 66.9 Å². The molecule has 9 rings (SSSR count). The van der Waals surface area contributed by atoms with Crippen LogP contribution in [0.15, 0.2) is 146 Å². The minimum atomic E-state index is -0.285. The molecule has 0 bridgehead atoms. The van der Waals surface area contributed by atoms with Gasteiger partial charge in [-0.1, -0.05) is 146 Å². The van der Waals surface area contributed by atoms with Crippen molar-refractivity contribution in [2.24, 2.45) is 0 Å². The maximum absolute atomic E-state index is 12.2.